The second-order valence-electron chi connectivity index (χ2n) is 11.6. The molecule has 0 heterocycles. The lowest BCUT2D eigenvalue weighted by Gasteiger charge is -2.23. The van der Waals surface area contributed by atoms with Gasteiger partial charge in [-0.25, -0.2) is 0 Å². The Bertz CT molecular complexity index is 903. The topological polar surface area (TPSA) is 159 Å². The van der Waals surface area contributed by atoms with Crippen molar-refractivity contribution in [1.82, 2.24) is 0 Å². The molecule has 11 nitrogen and oxygen atoms in total. The molecule has 8 atom stereocenters. The number of rotatable bonds is 18. The van der Waals surface area contributed by atoms with Crippen LogP contribution in [0.1, 0.15) is 85.0 Å². The molecule has 42 heavy (non-hydrogen) atoms. The zero-order valence-electron chi connectivity index (χ0n) is 25.2. The van der Waals surface area contributed by atoms with E-state index in [4.69, 9.17) is 9.47 Å². The number of aliphatic hydroxyl groups is 1. The monoisotopic (exact) mass is 592 g/mol. The summed E-state index contributed by atoms with van der Waals surface area (Å²) in [6, 6.07) is 0. The molecule has 0 bridgehead atoms. The van der Waals surface area contributed by atoms with Crippen molar-refractivity contribution in [3.05, 3.63) is 56.7 Å². The Hall–Kier alpha value is -3.08. The fraction of sp³-hybridized carbons (Fsp3) is 0.742. The summed E-state index contributed by atoms with van der Waals surface area (Å²) in [5, 5.41) is 33.3. The smallest absolute Gasteiger partial charge is 0.306 e. The Morgan fingerprint density at radius 1 is 0.762 bits per heavy atom. The molecule has 2 aliphatic rings. The van der Waals surface area contributed by atoms with Crippen LogP contribution in [0.4, 0.5) is 0 Å². The van der Waals surface area contributed by atoms with Crippen LogP contribution in [0.5, 0.6) is 0 Å². The van der Waals surface area contributed by atoms with Gasteiger partial charge in [-0.2, -0.15) is 0 Å². The third-order valence-electron chi connectivity index (χ3n) is 8.60. The van der Waals surface area contributed by atoms with E-state index in [0.29, 0.717) is 32.1 Å². The van der Waals surface area contributed by atoms with E-state index in [1.165, 1.54) is 0 Å². The van der Waals surface area contributed by atoms with Crippen LogP contribution >= 0.6 is 0 Å². The summed E-state index contributed by atoms with van der Waals surface area (Å²) >= 11 is 0. The molecular weight excluding hydrogens is 544 g/mol. The van der Waals surface area contributed by atoms with Crippen molar-refractivity contribution in [2.24, 2.45) is 29.6 Å². The van der Waals surface area contributed by atoms with Gasteiger partial charge in [0.1, 0.15) is 12.2 Å². The minimum Gasteiger partial charge on any atom is -0.462 e. The average Bonchev–Trinajstić information content (AvgIpc) is 3.35. The SMILES string of the molecule is C/C=C/CCCC(=O)O[C@H]1C[C@@H](C)[C@H](C[N+](=O)[O-])[C@H]1C/C=C/C[C@@H]1[C@@H](C[N+](=O)[O-])[C@H](O)C[C@@H]1OC(=O)CCC/C=C/C. The Morgan fingerprint density at radius 3 is 1.69 bits per heavy atom. The number of nitro groups is 2. The molecule has 0 spiro atoms. The molecule has 0 aromatic carbocycles. The third kappa shape index (κ3) is 11.7. The molecule has 0 saturated heterocycles. The summed E-state index contributed by atoms with van der Waals surface area (Å²) in [7, 11) is 0. The fourth-order valence-corrected chi connectivity index (χ4v) is 6.43. The molecule has 2 saturated carbocycles. The van der Waals surface area contributed by atoms with Gasteiger partial charge in [0.05, 0.1) is 12.0 Å². The first-order chi connectivity index (χ1) is 20.1. The number of hydrogen-bond acceptors (Lipinski definition) is 9. The zero-order valence-corrected chi connectivity index (χ0v) is 25.2. The molecule has 2 fully saturated rings. The van der Waals surface area contributed by atoms with Crippen molar-refractivity contribution in [3.8, 4) is 0 Å². The molecule has 0 radical (unpaired) electrons. The Balaban J connectivity index is 2.08. The third-order valence-corrected chi connectivity index (χ3v) is 8.60. The predicted octanol–water partition coefficient (Wildman–Crippen LogP) is 5.46. The zero-order chi connectivity index (χ0) is 31.1. The summed E-state index contributed by atoms with van der Waals surface area (Å²) in [6.07, 6.45) is 14.4. The van der Waals surface area contributed by atoms with Crippen molar-refractivity contribution in [3.63, 3.8) is 0 Å². The van der Waals surface area contributed by atoms with E-state index in [0.717, 1.165) is 12.8 Å². The van der Waals surface area contributed by atoms with Gasteiger partial charge in [0.2, 0.25) is 13.1 Å². The quantitative estimate of drug-likeness (QED) is 0.0716. The maximum absolute atomic E-state index is 12.5. The van der Waals surface area contributed by atoms with Gasteiger partial charge in [-0.3, -0.25) is 29.8 Å². The summed E-state index contributed by atoms with van der Waals surface area (Å²) in [5.41, 5.74) is 0. The van der Waals surface area contributed by atoms with Gasteiger partial charge in [0, 0.05) is 46.9 Å². The summed E-state index contributed by atoms with van der Waals surface area (Å²) < 4.78 is 11.5. The van der Waals surface area contributed by atoms with Crippen molar-refractivity contribution in [2.75, 3.05) is 13.1 Å². The van der Waals surface area contributed by atoms with E-state index in [2.05, 4.69) is 0 Å². The van der Waals surface area contributed by atoms with Crippen LogP contribution in [0, 0.1) is 49.8 Å². The van der Waals surface area contributed by atoms with Crippen molar-refractivity contribution in [2.45, 2.75) is 103 Å². The lowest BCUT2D eigenvalue weighted by Crippen LogP contribution is -2.30. The van der Waals surface area contributed by atoms with Gasteiger partial charge < -0.3 is 14.6 Å². The number of hydrogen-bond donors (Lipinski definition) is 1. The molecule has 0 aromatic heterocycles. The maximum atomic E-state index is 12.5. The largest absolute Gasteiger partial charge is 0.462 e. The summed E-state index contributed by atoms with van der Waals surface area (Å²) in [5.74, 6) is -2.23. The van der Waals surface area contributed by atoms with Crippen LogP contribution in [0.3, 0.4) is 0 Å². The maximum Gasteiger partial charge on any atom is 0.306 e. The average molecular weight is 593 g/mol. The lowest BCUT2D eigenvalue weighted by molar-refractivity contribution is -0.491. The summed E-state index contributed by atoms with van der Waals surface area (Å²) in [6.45, 7) is 5.14. The normalized spacial score (nSPS) is 29.5. The number of nitrogens with zero attached hydrogens (tertiary/aromatic N) is 2. The Kier molecular flexibility index (Phi) is 15.4. The molecule has 236 valence electrons. The number of esters is 2. The number of allylic oxidation sites excluding steroid dienone is 6. The van der Waals surface area contributed by atoms with Gasteiger partial charge in [-0.15, -0.1) is 0 Å². The molecule has 2 rings (SSSR count). The van der Waals surface area contributed by atoms with Crippen molar-refractivity contribution in [1.29, 1.82) is 0 Å². The fourth-order valence-electron chi connectivity index (χ4n) is 6.43. The number of unbranched alkanes of at least 4 members (excludes halogenated alkanes) is 2. The highest BCUT2D eigenvalue weighted by atomic mass is 16.6. The van der Waals surface area contributed by atoms with E-state index in [-0.39, 0.29) is 60.4 Å². The predicted molar refractivity (Wildman–Crippen MR) is 158 cm³/mol. The van der Waals surface area contributed by atoms with E-state index in [1.54, 1.807) is 0 Å². The van der Waals surface area contributed by atoms with Crippen molar-refractivity contribution < 1.29 is 34.0 Å². The molecule has 0 aromatic rings. The Morgan fingerprint density at radius 2 is 1.21 bits per heavy atom. The second kappa shape index (κ2) is 18.5. The molecule has 0 aliphatic heterocycles. The first-order valence-electron chi connectivity index (χ1n) is 15.2. The van der Waals surface area contributed by atoms with Crippen LogP contribution in [0.25, 0.3) is 0 Å². The minimum atomic E-state index is -0.952. The highest BCUT2D eigenvalue weighted by Gasteiger charge is 2.47. The van der Waals surface area contributed by atoms with Crippen LogP contribution in [-0.2, 0) is 19.1 Å². The Labute approximate surface area is 248 Å². The second-order valence-corrected chi connectivity index (χ2v) is 11.6. The van der Waals surface area contributed by atoms with Crippen LogP contribution in [0.2, 0.25) is 0 Å². The van der Waals surface area contributed by atoms with Gasteiger partial charge in [-0.1, -0.05) is 43.4 Å². The molecule has 2 aliphatic carbocycles. The molecule has 11 heteroatoms. The first kappa shape index (κ1) is 35.1. The van der Waals surface area contributed by atoms with Gasteiger partial charge in [0.25, 0.3) is 0 Å². The van der Waals surface area contributed by atoms with Crippen LogP contribution in [0.15, 0.2) is 36.5 Å². The van der Waals surface area contributed by atoms with Crippen LogP contribution < -0.4 is 0 Å². The molecule has 0 amide bonds. The summed E-state index contributed by atoms with van der Waals surface area (Å²) in [4.78, 5) is 46.9. The number of aliphatic hydroxyl groups excluding tert-OH is 1. The molecule has 0 unspecified atom stereocenters. The van der Waals surface area contributed by atoms with Gasteiger partial charge in [-0.05, 0) is 64.7 Å². The molecule has 1 N–H and O–H groups in total. The van der Waals surface area contributed by atoms with Crippen LogP contribution in [-0.4, -0.2) is 58.3 Å². The number of carbonyl (C=O) groups is 2. The lowest BCUT2D eigenvalue weighted by atomic mass is 9.86. The van der Waals surface area contributed by atoms with E-state index in [9.17, 15) is 34.9 Å². The minimum absolute atomic E-state index is 0.0145. The standard InChI is InChI=1S/C31H48N2O9/c1-4-6-8-10-16-30(35)41-28-18-22(3)25(20-32(37)38)23(28)14-12-13-15-24-26(21-33(39)40)27(34)19-29(24)42-31(36)17-11-9-7-5-2/h4-7,12-13,22-29,34H,8-11,14-21H2,1-3H3/b6-4+,7-5+,13-12+/t22-,23-,24-,25+,26-,27-,28+,29+/m1/s1. The number of carbonyl (C=O) groups excluding carboxylic acids is 2. The molecular formula is C31H48N2O9. The highest BCUT2D eigenvalue weighted by molar-refractivity contribution is 5.70. The van der Waals surface area contributed by atoms with Gasteiger partial charge >= 0.3 is 11.9 Å². The highest BCUT2D eigenvalue weighted by Crippen LogP contribution is 2.42. The van der Waals surface area contributed by atoms with Crippen molar-refractivity contribution >= 4 is 11.9 Å². The van der Waals surface area contributed by atoms with E-state index < -0.39 is 41.6 Å². The van der Waals surface area contributed by atoms with E-state index >= 15 is 0 Å². The van der Waals surface area contributed by atoms with Gasteiger partial charge in [0.15, 0.2) is 0 Å². The first-order valence-corrected chi connectivity index (χ1v) is 15.2. The number of ether oxygens (including phenoxy) is 2. The van der Waals surface area contributed by atoms with E-state index in [1.807, 2.05) is 57.2 Å².